The second-order valence-electron chi connectivity index (χ2n) is 8.81. The van der Waals surface area contributed by atoms with Crippen LogP contribution in [-0.4, -0.2) is 53.5 Å². The van der Waals surface area contributed by atoms with Crippen LogP contribution >= 0.6 is 11.3 Å². The van der Waals surface area contributed by atoms with E-state index in [2.05, 4.69) is 31.1 Å². The lowest BCUT2D eigenvalue weighted by Gasteiger charge is -2.25. The molecule has 0 atom stereocenters. The summed E-state index contributed by atoms with van der Waals surface area (Å²) in [6.07, 6.45) is 2.96. The summed E-state index contributed by atoms with van der Waals surface area (Å²) in [5.74, 6) is 0.953. The molecular weight excluding hydrogens is 382 g/mol. The highest BCUT2D eigenvalue weighted by Gasteiger charge is 2.25. The molecule has 1 aromatic heterocycles. The summed E-state index contributed by atoms with van der Waals surface area (Å²) >= 11 is 1.75. The van der Waals surface area contributed by atoms with Gasteiger partial charge in [-0.3, -0.25) is 9.69 Å². The Kier molecular flexibility index (Phi) is 5.74. The average Bonchev–Trinajstić information content (AvgIpc) is 3.06. The van der Waals surface area contributed by atoms with Crippen LogP contribution in [0.5, 0.6) is 5.75 Å². The van der Waals surface area contributed by atoms with Crippen molar-refractivity contribution in [1.29, 1.82) is 0 Å². The number of carbonyl (C=O) groups is 1. The van der Waals surface area contributed by atoms with Gasteiger partial charge in [0.15, 0.2) is 0 Å². The van der Waals surface area contributed by atoms with Gasteiger partial charge in [0.05, 0.1) is 16.3 Å². The Balaban J connectivity index is 1.37. The zero-order valence-corrected chi connectivity index (χ0v) is 18.3. The summed E-state index contributed by atoms with van der Waals surface area (Å²) in [7, 11) is 0. The second kappa shape index (κ2) is 8.28. The molecule has 29 heavy (non-hydrogen) atoms. The molecule has 0 saturated carbocycles. The van der Waals surface area contributed by atoms with E-state index in [0.717, 1.165) is 61.7 Å². The number of hydrogen-bond donors (Lipinski definition) is 0. The van der Waals surface area contributed by atoms with E-state index in [-0.39, 0.29) is 11.3 Å². The van der Waals surface area contributed by atoms with Crippen molar-refractivity contribution in [1.82, 2.24) is 14.8 Å². The van der Waals surface area contributed by atoms with Crippen molar-refractivity contribution >= 4 is 23.3 Å². The summed E-state index contributed by atoms with van der Waals surface area (Å²) in [6, 6.07) is 7.86. The maximum Gasteiger partial charge on any atom is 0.253 e. The molecule has 2 aliphatic rings. The number of para-hydroxylation sites is 1. The molecule has 0 bridgehead atoms. The maximum absolute atomic E-state index is 13.0. The van der Waals surface area contributed by atoms with E-state index in [1.54, 1.807) is 11.3 Å². The molecule has 1 amide bonds. The van der Waals surface area contributed by atoms with Crippen LogP contribution in [0.25, 0.3) is 6.08 Å². The standard InChI is InChI=1S/C23H29N3O2S/c1-23(2,3)22-24-19(16-29-22)14-25-9-6-10-26(12-11-25)21(27)18-13-17-7-4-5-8-20(17)28-15-18/h4-5,7-8,13,16H,6,9-12,14-15H2,1-3H3. The molecule has 1 aromatic carbocycles. The van der Waals surface area contributed by atoms with E-state index in [9.17, 15) is 4.79 Å². The smallest absolute Gasteiger partial charge is 0.253 e. The Morgan fingerprint density at radius 2 is 2.00 bits per heavy atom. The number of thiazole rings is 1. The van der Waals surface area contributed by atoms with Gasteiger partial charge in [-0.2, -0.15) is 0 Å². The minimum atomic E-state index is 0.0966. The molecule has 5 nitrogen and oxygen atoms in total. The van der Waals surface area contributed by atoms with Gasteiger partial charge in [-0.05, 0) is 18.6 Å². The molecular formula is C23H29N3O2S. The van der Waals surface area contributed by atoms with Crippen molar-refractivity contribution < 1.29 is 9.53 Å². The van der Waals surface area contributed by atoms with Gasteiger partial charge in [0.1, 0.15) is 12.4 Å². The zero-order valence-electron chi connectivity index (χ0n) is 17.5. The number of fused-ring (bicyclic) bond motifs is 1. The number of rotatable bonds is 3. The van der Waals surface area contributed by atoms with Crippen LogP contribution in [0.15, 0.2) is 35.2 Å². The number of carbonyl (C=O) groups excluding carboxylic acids is 1. The Bertz CT molecular complexity index is 913. The van der Waals surface area contributed by atoms with Crippen molar-refractivity contribution in [2.45, 2.75) is 39.2 Å². The van der Waals surface area contributed by atoms with Gasteiger partial charge in [0, 0.05) is 49.1 Å². The van der Waals surface area contributed by atoms with Crippen molar-refractivity contribution in [3.63, 3.8) is 0 Å². The molecule has 1 saturated heterocycles. The largest absolute Gasteiger partial charge is 0.488 e. The number of hydrogen-bond acceptors (Lipinski definition) is 5. The summed E-state index contributed by atoms with van der Waals surface area (Å²) in [4.78, 5) is 22.3. The number of ether oxygens (including phenoxy) is 1. The van der Waals surface area contributed by atoms with Crippen molar-refractivity contribution in [3.8, 4) is 5.75 Å². The zero-order chi connectivity index (χ0) is 20.4. The fourth-order valence-corrected chi connectivity index (χ4v) is 4.63. The third-order valence-electron chi connectivity index (χ3n) is 5.36. The third kappa shape index (κ3) is 4.70. The average molecular weight is 412 g/mol. The molecule has 2 aromatic rings. The van der Waals surface area contributed by atoms with Gasteiger partial charge in [0.2, 0.25) is 0 Å². The Hall–Kier alpha value is -2.18. The fraction of sp³-hybridized carbons (Fsp3) is 0.478. The van der Waals surface area contributed by atoms with E-state index >= 15 is 0 Å². The van der Waals surface area contributed by atoms with Crippen LogP contribution in [0.2, 0.25) is 0 Å². The number of amides is 1. The maximum atomic E-state index is 13.0. The Morgan fingerprint density at radius 1 is 1.17 bits per heavy atom. The quantitative estimate of drug-likeness (QED) is 0.767. The van der Waals surface area contributed by atoms with Crippen LogP contribution in [-0.2, 0) is 16.8 Å². The van der Waals surface area contributed by atoms with E-state index in [4.69, 9.17) is 9.72 Å². The van der Waals surface area contributed by atoms with Gasteiger partial charge >= 0.3 is 0 Å². The molecule has 1 fully saturated rings. The lowest BCUT2D eigenvalue weighted by Crippen LogP contribution is -2.37. The van der Waals surface area contributed by atoms with Crippen molar-refractivity contribution in [3.05, 3.63) is 51.5 Å². The minimum Gasteiger partial charge on any atom is -0.488 e. The molecule has 0 aliphatic carbocycles. The molecule has 0 spiro atoms. The lowest BCUT2D eigenvalue weighted by atomic mass is 9.98. The summed E-state index contributed by atoms with van der Waals surface area (Å²) in [5, 5.41) is 3.36. The molecule has 0 N–H and O–H groups in total. The molecule has 0 radical (unpaired) electrons. The van der Waals surface area contributed by atoms with Crippen LogP contribution in [0.1, 0.15) is 43.5 Å². The predicted octanol–water partition coefficient (Wildman–Crippen LogP) is 3.95. The topological polar surface area (TPSA) is 45.7 Å². The second-order valence-corrected chi connectivity index (χ2v) is 9.67. The van der Waals surface area contributed by atoms with Gasteiger partial charge in [-0.1, -0.05) is 39.0 Å². The first-order chi connectivity index (χ1) is 13.9. The van der Waals surface area contributed by atoms with E-state index in [0.29, 0.717) is 6.61 Å². The highest BCUT2D eigenvalue weighted by atomic mass is 32.1. The molecule has 4 rings (SSSR count). The highest BCUT2D eigenvalue weighted by Crippen LogP contribution is 2.27. The molecule has 154 valence electrons. The van der Waals surface area contributed by atoms with E-state index in [1.807, 2.05) is 35.2 Å². The first kappa shape index (κ1) is 20.1. The van der Waals surface area contributed by atoms with Crippen LogP contribution in [0.3, 0.4) is 0 Å². The number of benzene rings is 1. The minimum absolute atomic E-state index is 0.0966. The van der Waals surface area contributed by atoms with Gasteiger partial charge < -0.3 is 9.64 Å². The predicted molar refractivity (Wildman–Crippen MR) is 117 cm³/mol. The van der Waals surface area contributed by atoms with Gasteiger partial charge in [-0.25, -0.2) is 4.98 Å². The lowest BCUT2D eigenvalue weighted by molar-refractivity contribution is -0.127. The van der Waals surface area contributed by atoms with Crippen LogP contribution < -0.4 is 4.74 Å². The summed E-state index contributed by atoms with van der Waals surface area (Å²) in [6.45, 7) is 11.2. The SMILES string of the molecule is CC(C)(C)c1nc(CN2CCCN(C(=O)C3=Cc4ccccc4OC3)CC2)cs1. The highest BCUT2D eigenvalue weighted by molar-refractivity contribution is 7.09. The number of nitrogens with zero attached hydrogens (tertiary/aromatic N) is 3. The number of aromatic nitrogens is 1. The summed E-state index contributed by atoms with van der Waals surface area (Å²) in [5.41, 5.74) is 2.96. The summed E-state index contributed by atoms with van der Waals surface area (Å²) < 4.78 is 5.78. The van der Waals surface area contributed by atoms with Crippen LogP contribution in [0.4, 0.5) is 0 Å². The van der Waals surface area contributed by atoms with E-state index < -0.39 is 0 Å². The fourth-order valence-electron chi connectivity index (χ4n) is 3.73. The van der Waals surface area contributed by atoms with Crippen molar-refractivity contribution in [2.75, 3.05) is 32.8 Å². The Labute approximate surface area is 177 Å². The molecule has 2 aliphatic heterocycles. The van der Waals surface area contributed by atoms with E-state index in [1.165, 1.54) is 5.01 Å². The normalized spacial score (nSPS) is 17.9. The third-order valence-corrected chi connectivity index (χ3v) is 6.68. The molecule has 0 unspecified atom stereocenters. The van der Waals surface area contributed by atoms with Crippen molar-refractivity contribution in [2.24, 2.45) is 0 Å². The Morgan fingerprint density at radius 3 is 2.79 bits per heavy atom. The first-order valence-corrected chi connectivity index (χ1v) is 11.2. The molecule has 6 heteroatoms. The first-order valence-electron chi connectivity index (χ1n) is 10.3. The van der Waals surface area contributed by atoms with Gasteiger partial charge in [0.25, 0.3) is 5.91 Å². The molecule has 3 heterocycles. The van der Waals surface area contributed by atoms with Gasteiger partial charge in [-0.15, -0.1) is 11.3 Å². The monoisotopic (exact) mass is 411 g/mol. The van der Waals surface area contributed by atoms with Crippen LogP contribution in [0, 0.1) is 0 Å².